The molecule has 458 valence electrons. The van der Waals surface area contributed by atoms with E-state index in [2.05, 4.69) is 321 Å². The van der Waals surface area contributed by atoms with E-state index in [1.165, 1.54) is 0 Å². The van der Waals surface area contributed by atoms with Gasteiger partial charge in [-0.1, -0.05) is 146 Å². The highest BCUT2D eigenvalue weighted by Gasteiger charge is 2.26. The molecule has 15 aromatic carbocycles. The fraction of sp³-hybridized carbons (Fsp3) is 0.0465. The van der Waals surface area contributed by atoms with Crippen LogP contribution in [0.3, 0.4) is 0 Å². The lowest BCUT2D eigenvalue weighted by Gasteiger charge is -2.31. The molecular formula is C86H65N5O4. The molecule has 16 rings (SSSR count). The number of hydrogen-bond donors (Lipinski definition) is 0. The predicted molar refractivity (Wildman–Crippen MR) is 396 cm³/mol. The summed E-state index contributed by atoms with van der Waals surface area (Å²) in [6, 6.07) is 115. The summed E-state index contributed by atoms with van der Waals surface area (Å²) in [6.45, 7) is 0. The summed E-state index contributed by atoms with van der Waals surface area (Å²) in [4.78, 5) is 9.37. The van der Waals surface area contributed by atoms with Crippen molar-refractivity contribution >= 4 is 133 Å². The number of anilines is 12. The topological polar surface area (TPSA) is 54.8 Å². The average Bonchev–Trinajstić information content (AvgIpc) is 1.61. The number of nitrogens with zero attached hydrogens (tertiary/aromatic N) is 5. The second-order valence-electron chi connectivity index (χ2n) is 23.7. The monoisotopic (exact) mass is 1230 g/mol. The van der Waals surface area contributed by atoms with E-state index in [9.17, 15) is 0 Å². The molecule has 0 bridgehead atoms. The van der Waals surface area contributed by atoms with Gasteiger partial charge in [0, 0.05) is 91.9 Å². The Hall–Kier alpha value is -12.5. The zero-order valence-corrected chi connectivity index (χ0v) is 53.0. The van der Waals surface area contributed by atoms with E-state index >= 15 is 0 Å². The lowest BCUT2D eigenvalue weighted by molar-refractivity contribution is 0.415. The van der Waals surface area contributed by atoms with E-state index in [0.717, 1.165) is 162 Å². The van der Waals surface area contributed by atoms with Gasteiger partial charge in [-0.05, 0) is 195 Å². The standard InChI is InChI=1S/C86H65N5O4/c1-92-79-29-13-25-66(52-79)87(70-37-33-58-17-5-9-21-62(58)45-70)74-41-43-85-83(56-74)84-57-75(88(67-26-14-30-80(53-67)93-2)71-38-34-59-18-6-10-22-63(59)46-71)42-44-86(84)91(85)78-50-76(89(68-27-15-31-81(54-68)94-3)72-39-35-60-19-7-11-23-64(60)47-72)49-77(51-78)90(69-28-16-32-82(55-69)95-4)73-40-36-61-20-8-12-24-65(61)48-73/h5-57H,1-4H3. The van der Waals surface area contributed by atoms with Crippen LogP contribution in [-0.2, 0) is 0 Å². The molecule has 0 aliphatic rings. The van der Waals surface area contributed by atoms with Gasteiger partial charge in [-0.2, -0.15) is 0 Å². The van der Waals surface area contributed by atoms with E-state index in [1.807, 2.05) is 24.3 Å². The maximum Gasteiger partial charge on any atom is 0.120 e. The molecule has 0 unspecified atom stereocenters. The van der Waals surface area contributed by atoms with Gasteiger partial charge in [-0.3, -0.25) is 0 Å². The van der Waals surface area contributed by atoms with Crippen LogP contribution in [-0.4, -0.2) is 33.0 Å². The van der Waals surface area contributed by atoms with Crippen molar-refractivity contribution in [1.82, 2.24) is 4.57 Å². The van der Waals surface area contributed by atoms with Crippen LogP contribution in [0.1, 0.15) is 0 Å². The quantitative estimate of drug-likeness (QED) is 0.0894. The fourth-order valence-corrected chi connectivity index (χ4v) is 13.6. The van der Waals surface area contributed by atoms with Gasteiger partial charge in [0.1, 0.15) is 23.0 Å². The van der Waals surface area contributed by atoms with Gasteiger partial charge in [0.25, 0.3) is 0 Å². The smallest absolute Gasteiger partial charge is 0.120 e. The first kappa shape index (κ1) is 57.7. The molecular weight excluding hydrogens is 1170 g/mol. The second kappa shape index (κ2) is 24.6. The molecule has 0 saturated carbocycles. The van der Waals surface area contributed by atoms with Crippen molar-refractivity contribution in [2.24, 2.45) is 0 Å². The number of rotatable bonds is 17. The molecule has 0 saturated heterocycles. The SMILES string of the molecule is COc1cccc(N(c2cc(N(c3cccc(OC)c3)c3ccc4ccccc4c3)cc(-n3c4ccc(N(c5cccc(OC)c5)c5ccc6ccccc6c5)cc4c4cc(N(c5cccc(OC)c5)c5ccc6ccccc6c5)ccc43)c2)c2ccc3ccccc3c2)c1. The first-order chi connectivity index (χ1) is 46.8. The van der Waals surface area contributed by atoms with Crippen LogP contribution in [0, 0.1) is 0 Å². The maximum absolute atomic E-state index is 6.02. The molecule has 1 heterocycles. The molecule has 16 aromatic rings. The molecule has 0 radical (unpaired) electrons. The van der Waals surface area contributed by atoms with E-state index in [-0.39, 0.29) is 0 Å². The zero-order valence-electron chi connectivity index (χ0n) is 53.0. The average molecular weight is 1230 g/mol. The van der Waals surface area contributed by atoms with Crippen LogP contribution in [0.4, 0.5) is 68.2 Å². The first-order valence-corrected chi connectivity index (χ1v) is 31.8. The summed E-state index contributed by atoms with van der Waals surface area (Å²) in [5, 5.41) is 11.2. The Morgan fingerprint density at radius 2 is 0.453 bits per heavy atom. The zero-order chi connectivity index (χ0) is 63.9. The van der Waals surface area contributed by atoms with Gasteiger partial charge in [0.05, 0.1) is 56.5 Å². The molecule has 9 nitrogen and oxygen atoms in total. The summed E-state index contributed by atoms with van der Waals surface area (Å²) in [7, 11) is 6.89. The third kappa shape index (κ3) is 10.9. The van der Waals surface area contributed by atoms with Crippen molar-refractivity contribution in [3.8, 4) is 28.7 Å². The molecule has 0 amide bonds. The van der Waals surface area contributed by atoms with Crippen molar-refractivity contribution in [3.05, 3.63) is 322 Å². The second-order valence-corrected chi connectivity index (χ2v) is 23.7. The van der Waals surface area contributed by atoms with Gasteiger partial charge >= 0.3 is 0 Å². The minimum atomic E-state index is 0.742. The number of fused-ring (bicyclic) bond motifs is 7. The normalized spacial score (nSPS) is 11.4. The van der Waals surface area contributed by atoms with Gasteiger partial charge in [0.15, 0.2) is 0 Å². The Bertz CT molecular complexity index is 5250. The van der Waals surface area contributed by atoms with Crippen LogP contribution in [0.5, 0.6) is 23.0 Å². The highest BCUT2D eigenvalue weighted by Crippen LogP contribution is 2.49. The third-order valence-corrected chi connectivity index (χ3v) is 18.1. The molecule has 1 aromatic heterocycles. The fourth-order valence-electron chi connectivity index (χ4n) is 13.6. The number of benzene rings is 15. The van der Waals surface area contributed by atoms with Gasteiger partial charge in [-0.25, -0.2) is 0 Å². The number of aromatic nitrogens is 1. The summed E-state index contributed by atoms with van der Waals surface area (Å²) < 4.78 is 26.4. The number of ether oxygens (including phenoxy) is 4. The lowest BCUT2D eigenvalue weighted by atomic mass is 10.1. The van der Waals surface area contributed by atoms with Crippen molar-refractivity contribution in [1.29, 1.82) is 0 Å². The lowest BCUT2D eigenvalue weighted by Crippen LogP contribution is -2.14. The van der Waals surface area contributed by atoms with Crippen molar-refractivity contribution in [2.75, 3.05) is 48.0 Å². The Labute approximate surface area is 551 Å². The Balaban J connectivity index is 1.01. The molecule has 0 spiro atoms. The summed E-state index contributed by atoms with van der Waals surface area (Å²) in [5.41, 5.74) is 14.5. The first-order valence-electron chi connectivity index (χ1n) is 31.8. The van der Waals surface area contributed by atoms with Crippen LogP contribution in [0.15, 0.2) is 322 Å². The molecule has 9 heteroatoms. The van der Waals surface area contributed by atoms with E-state index < -0.39 is 0 Å². The van der Waals surface area contributed by atoms with Crippen LogP contribution >= 0.6 is 0 Å². The third-order valence-electron chi connectivity index (χ3n) is 18.1. The van der Waals surface area contributed by atoms with Crippen LogP contribution in [0.25, 0.3) is 70.6 Å². The van der Waals surface area contributed by atoms with Crippen LogP contribution in [0.2, 0.25) is 0 Å². The summed E-state index contributed by atoms with van der Waals surface area (Å²) >= 11 is 0. The summed E-state index contributed by atoms with van der Waals surface area (Å²) in [5.74, 6) is 3.00. The van der Waals surface area contributed by atoms with E-state index in [4.69, 9.17) is 18.9 Å². The minimum Gasteiger partial charge on any atom is -0.497 e. The minimum absolute atomic E-state index is 0.742. The predicted octanol–water partition coefficient (Wildman–Crippen LogP) is 23.3. The van der Waals surface area contributed by atoms with E-state index in [1.54, 1.807) is 28.4 Å². The molecule has 0 N–H and O–H groups in total. The van der Waals surface area contributed by atoms with E-state index in [0.29, 0.717) is 0 Å². The van der Waals surface area contributed by atoms with Crippen LogP contribution < -0.4 is 38.5 Å². The largest absolute Gasteiger partial charge is 0.497 e. The number of methoxy groups -OCH3 is 4. The Morgan fingerprint density at radius 1 is 0.200 bits per heavy atom. The molecule has 95 heavy (non-hydrogen) atoms. The van der Waals surface area contributed by atoms with Gasteiger partial charge < -0.3 is 43.1 Å². The Morgan fingerprint density at radius 3 is 0.747 bits per heavy atom. The van der Waals surface area contributed by atoms with Gasteiger partial charge in [0.2, 0.25) is 0 Å². The van der Waals surface area contributed by atoms with Crippen molar-refractivity contribution in [2.45, 2.75) is 0 Å². The van der Waals surface area contributed by atoms with Crippen molar-refractivity contribution in [3.63, 3.8) is 0 Å². The highest BCUT2D eigenvalue weighted by molar-refractivity contribution is 6.13. The van der Waals surface area contributed by atoms with Gasteiger partial charge in [-0.15, -0.1) is 0 Å². The molecule has 0 aliphatic carbocycles. The highest BCUT2D eigenvalue weighted by atomic mass is 16.5. The van der Waals surface area contributed by atoms with Crippen molar-refractivity contribution < 1.29 is 18.9 Å². The summed E-state index contributed by atoms with van der Waals surface area (Å²) in [6.07, 6.45) is 0. The molecule has 0 aliphatic heterocycles. The molecule has 0 atom stereocenters. The maximum atomic E-state index is 6.02. The Kier molecular flexibility index (Phi) is 15.0. The molecule has 0 fully saturated rings. The number of hydrogen-bond acceptors (Lipinski definition) is 8.